The number of amides is 1. The maximum atomic E-state index is 12.1. The molecule has 0 aliphatic rings. The smallest absolute Gasteiger partial charge is 0.255 e. The molecule has 4 heteroatoms. The van der Waals surface area contributed by atoms with Crippen LogP contribution in [0, 0.1) is 6.92 Å². The van der Waals surface area contributed by atoms with E-state index in [1.54, 1.807) is 6.07 Å². The Bertz CT molecular complexity index is 545. The van der Waals surface area contributed by atoms with Crippen molar-refractivity contribution < 1.29 is 4.79 Å². The molecule has 0 bridgehead atoms. The Labute approximate surface area is 101 Å². The van der Waals surface area contributed by atoms with Crippen LogP contribution in [0.4, 0.5) is 0 Å². The van der Waals surface area contributed by atoms with Crippen molar-refractivity contribution in [2.24, 2.45) is 0 Å². The summed E-state index contributed by atoms with van der Waals surface area (Å²) in [5, 5.41) is 2.95. The largest absolute Gasteiger partial charge is 0.349 e. The van der Waals surface area contributed by atoms with Crippen molar-refractivity contribution in [2.45, 2.75) is 33.2 Å². The maximum Gasteiger partial charge on any atom is 0.255 e. The molecule has 17 heavy (non-hydrogen) atoms. The van der Waals surface area contributed by atoms with Crippen LogP contribution in [0.5, 0.6) is 0 Å². The fraction of sp³-hybridized carbons (Fsp3) is 0.385. The average molecular weight is 231 g/mol. The van der Waals surface area contributed by atoms with Gasteiger partial charge in [-0.15, -0.1) is 0 Å². The number of rotatable bonds is 3. The number of hydrogen-bond acceptors (Lipinski definition) is 2. The first kappa shape index (κ1) is 11.6. The molecule has 2 rings (SSSR count). The molecule has 0 saturated heterocycles. The van der Waals surface area contributed by atoms with Gasteiger partial charge in [-0.3, -0.25) is 4.79 Å². The summed E-state index contributed by atoms with van der Waals surface area (Å²) in [5.74, 6) is -0.0597. The first-order valence-electron chi connectivity index (χ1n) is 5.87. The van der Waals surface area contributed by atoms with Gasteiger partial charge < -0.3 is 9.72 Å². The molecule has 0 aromatic carbocycles. The lowest BCUT2D eigenvalue weighted by Gasteiger charge is -2.11. The summed E-state index contributed by atoms with van der Waals surface area (Å²) >= 11 is 0. The molecule has 0 fully saturated rings. The topological polar surface area (TPSA) is 46.4 Å². The molecule has 2 aromatic heterocycles. The van der Waals surface area contributed by atoms with Gasteiger partial charge >= 0.3 is 0 Å². The third-order valence-electron chi connectivity index (χ3n) is 2.84. The molecule has 1 amide bonds. The van der Waals surface area contributed by atoms with E-state index in [2.05, 4.69) is 10.3 Å². The highest BCUT2D eigenvalue weighted by Crippen LogP contribution is 2.11. The van der Waals surface area contributed by atoms with Crippen molar-refractivity contribution in [3.8, 4) is 0 Å². The zero-order valence-electron chi connectivity index (χ0n) is 10.4. The third-order valence-corrected chi connectivity index (χ3v) is 2.84. The summed E-state index contributed by atoms with van der Waals surface area (Å²) in [5.41, 5.74) is 2.25. The van der Waals surface area contributed by atoms with E-state index >= 15 is 0 Å². The van der Waals surface area contributed by atoms with Gasteiger partial charge in [0.15, 0.2) is 0 Å². The standard InChI is InChI=1S/C13H17N3O/c1-4-9(2)15-13(17)11-6-5-7-16-8-10(3)14-12(11)16/h5-9H,4H2,1-3H3,(H,15,17). The molecule has 1 N–H and O–H groups in total. The first-order chi connectivity index (χ1) is 8.11. The number of aromatic nitrogens is 2. The number of pyridine rings is 1. The fourth-order valence-corrected chi connectivity index (χ4v) is 1.72. The molecule has 2 heterocycles. The highest BCUT2D eigenvalue weighted by atomic mass is 16.1. The van der Waals surface area contributed by atoms with Gasteiger partial charge in [-0.2, -0.15) is 0 Å². The molecule has 0 radical (unpaired) electrons. The predicted molar refractivity (Wildman–Crippen MR) is 67.1 cm³/mol. The molecule has 0 aliphatic carbocycles. The molecule has 1 atom stereocenters. The highest BCUT2D eigenvalue weighted by Gasteiger charge is 2.13. The minimum atomic E-state index is -0.0597. The molecule has 1 unspecified atom stereocenters. The monoisotopic (exact) mass is 231 g/mol. The summed E-state index contributed by atoms with van der Waals surface area (Å²) in [4.78, 5) is 16.4. The number of nitrogens with zero attached hydrogens (tertiary/aromatic N) is 2. The molecule has 0 aliphatic heterocycles. The Balaban J connectivity index is 2.37. The van der Waals surface area contributed by atoms with Crippen LogP contribution in [0.2, 0.25) is 0 Å². The number of hydrogen-bond donors (Lipinski definition) is 1. The van der Waals surface area contributed by atoms with Gasteiger partial charge in [0, 0.05) is 18.4 Å². The van der Waals surface area contributed by atoms with Crippen LogP contribution >= 0.6 is 0 Å². The van der Waals surface area contributed by atoms with Crippen LogP contribution in [0.3, 0.4) is 0 Å². The van der Waals surface area contributed by atoms with Gasteiger partial charge in [-0.1, -0.05) is 6.92 Å². The van der Waals surface area contributed by atoms with E-state index in [4.69, 9.17) is 0 Å². The number of carbonyl (C=O) groups is 1. The third kappa shape index (κ3) is 2.30. The van der Waals surface area contributed by atoms with Crippen molar-refractivity contribution in [3.05, 3.63) is 35.8 Å². The van der Waals surface area contributed by atoms with Crippen LogP contribution in [-0.2, 0) is 0 Å². The molecule has 90 valence electrons. The van der Waals surface area contributed by atoms with Crippen molar-refractivity contribution >= 4 is 11.6 Å². The van der Waals surface area contributed by atoms with E-state index in [1.165, 1.54) is 0 Å². The summed E-state index contributed by atoms with van der Waals surface area (Å²) < 4.78 is 1.88. The van der Waals surface area contributed by atoms with Gasteiger partial charge in [0.1, 0.15) is 5.65 Å². The Morgan fingerprint density at radius 1 is 1.59 bits per heavy atom. The van der Waals surface area contributed by atoms with Crippen LogP contribution in [-0.4, -0.2) is 21.3 Å². The summed E-state index contributed by atoms with van der Waals surface area (Å²) in [6.45, 7) is 5.96. The minimum absolute atomic E-state index is 0.0597. The lowest BCUT2D eigenvalue weighted by Crippen LogP contribution is -2.32. The number of imidazole rings is 1. The molecule has 2 aromatic rings. The van der Waals surface area contributed by atoms with Crippen LogP contribution in [0.25, 0.3) is 5.65 Å². The van der Waals surface area contributed by atoms with Crippen LogP contribution in [0.15, 0.2) is 24.5 Å². The van der Waals surface area contributed by atoms with E-state index in [1.807, 2.05) is 43.6 Å². The van der Waals surface area contributed by atoms with Gasteiger partial charge in [0.05, 0.1) is 11.3 Å². The lowest BCUT2D eigenvalue weighted by molar-refractivity contribution is 0.0940. The zero-order valence-corrected chi connectivity index (χ0v) is 10.4. The van der Waals surface area contributed by atoms with E-state index in [-0.39, 0.29) is 11.9 Å². The maximum absolute atomic E-state index is 12.1. The minimum Gasteiger partial charge on any atom is -0.349 e. The van der Waals surface area contributed by atoms with Gasteiger partial charge in [-0.25, -0.2) is 4.98 Å². The lowest BCUT2D eigenvalue weighted by atomic mass is 10.2. The number of nitrogens with one attached hydrogen (secondary N) is 1. The molecule has 4 nitrogen and oxygen atoms in total. The van der Waals surface area contributed by atoms with E-state index in [0.29, 0.717) is 11.2 Å². The van der Waals surface area contributed by atoms with Crippen molar-refractivity contribution in [2.75, 3.05) is 0 Å². The van der Waals surface area contributed by atoms with Gasteiger partial charge in [-0.05, 0) is 32.4 Å². The van der Waals surface area contributed by atoms with Crippen molar-refractivity contribution in [3.63, 3.8) is 0 Å². The second kappa shape index (κ2) is 4.57. The number of aryl methyl sites for hydroxylation is 1. The summed E-state index contributed by atoms with van der Waals surface area (Å²) in [6, 6.07) is 3.85. The fourth-order valence-electron chi connectivity index (χ4n) is 1.72. The highest BCUT2D eigenvalue weighted by molar-refractivity contribution is 5.99. The van der Waals surface area contributed by atoms with E-state index in [0.717, 1.165) is 12.1 Å². The Morgan fingerprint density at radius 3 is 3.06 bits per heavy atom. The molecular weight excluding hydrogens is 214 g/mol. The molecule has 0 spiro atoms. The van der Waals surface area contributed by atoms with Gasteiger partial charge in [0.25, 0.3) is 5.91 Å². The first-order valence-corrected chi connectivity index (χ1v) is 5.87. The summed E-state index contributed by atoms with van der Waals surface area (Å²) in [7, 11) is 0. The molecular formula is C13H17N3O. The Morgan fingerprint density at radius 2 is 2.35 bits per heavy atom. The quantitative estimate of drug-likeness (QED) is 0.880. The Kier molecular flexibility index (Phi) is 3.13. The second-order valence-corrected chi connectivity index (χ2v) is 4.32. The van der Waals surface area contributed by atoms with Gasteiger partial charge in [0.2, 0.25) is 0 Å². The van der Waals surface area contributed by atoms with Crippen molar-refractivity contribution in [1.29, 1.82) is 0 Å². The van der Waals surface area contributed by atoms with Crippen LogP contribution in [0.1, 0.15) is 36.3 Å². The Hall–Kier alpha value is -1.84. The summed E-state index contributed by atoms with van der Waals surface area (Å²) in [6.07, 6.45) is 4.73. The SMILES string of the molecule is CCC(C)NC(=O)c1cccn2cc(C)nc12. The van der Waals surface area contributed by atoms with E-state index in [9.17, 15) is 4.79 Å². The normalized spacial score (nSPS) is 12.6. The van der Waals surface area contributed by atoms with Crippen molar-refractivity contribution in [1.82, 2.24) is 14.7 Å². The van der Waals surface area contributed by atoms with Crippen LogP contribution < -0.4 is 5.32 Å². The number of fused-ring (bicyclic) bond motifs is 1. The zero-order chi connectivity index (χ0) is 12.4. The van der Waals surface area contributed by atoms with E-state index < -0.39 is 0 Å². The predicted octanol–water partition coefficient (Wildman–Crippen LogP) is 2.17. The molecule has 0 saturated carbocycles. The second-order valence-electron chi connectivity index (χ2n) is 4.32. The number of carbonyl (C=O) groups excluding carboxylic acids is 1. The average Bonchev–Trinajstić information content (AvgIpc) is 2.68.